The minimum absolute atomic E-state index is 0.286. The number of carbonyl (C=O) groups is 2. The Bertz CT molecular complexity index is 635. The van der Waals surface area contributed by atoms with Crippen LogP contribution >= 0.6 is 0 Å². The van der Waals surface area contributed by atoms with Crippen LogP contribution in [0.15, 0.2) is 28.7 Å². The number of hydrogen-bond acceptors (Lipinski definition) is 3. The second-order valence-corrected chi connectivity index (χ2v) is 3.73. The minimum Gasteiger partial charge on any atom is -0.458 e. The normalized spacial score (nSPS) is 19.5. The zero-order chi connectivity index (χ0) is 12.0. The van der Waals surface area contributed by atoms with E-state index in [2.05, 4.69) is 10.6 Å². The van der Waals surface area contributed by atoms with Crippen LogP contribution in [0.5, 0.6) is 0 Å². The number of amides is 3. The Balaban J connectivity index is 2.06. The van der Waals surface area contributed by atoms with Crippen LogP contribution in [0.1, 0.15) is 11.8 Å². The molecular weight excluding hydrogens is 227 g/mol. The molecule has 1 aliphatic heterocycles. The lowest BCUT2D eigenvalue weighted by Gasteiger charge is -2.00. The molecule has 2 aromatic rings. The number of rotatable bonds is 1. The van der Waals surface area contributed by atoms with E-state index in [4.69, 9.17) is 4.42 Å². The van der Waals surface area contributed by atoms with Crippen LogP contribution in [0.3, 0.4) is 0 Å². The third-order valence-corrected chi connectivity index (χ3v) is 2.56. The van der Waals surface area contributed by atoms with E-state index in [-0.39, 0.29) is 5.76 Å². The molecule has 3 amide bonds. The number of carbonyl (C=O) groups excluding carboxylic acids is 2. The summed E-state index contributed by atoms with van der Waals surface area (Å²) in [6.45, 7) is 0. The SMILES string of the molecule is O=C1NC(=O)[C@H](c2cc3ccc(F)cc3o2)N1. The number of fused-ring (bicyclic) bond motifs is 1. The highest BCUT2D eigenvalue weighted by molar-refractivity contribution is 6.04. The third kappa shape index (κ3) is 1.54. The molecule has 3 rings (SSSR count). The maximum atomic E-state index is 13.0. The molecular formula is C11H7FN2O3. The first kappa shape index (κ1) is 9.83. The van der Waals surface area contributed by atoms with Crippen molar-refractivity contribution in [1.29, 1.82) is 0 Å². The lowest BCUT2D eigenvalue weighted by molar-refractivity contribution is -0.120. The molecule has 6 heteroatoms. The minimum atomic E-state index is -0.849. The van der Waals surface area contributed by atoms with E-state index in [9.17, 15) is 14.0 Å². The largest absolute Gasteiger partial charge is 0.458 e. The molecule has 17 heavy (non-hydrogen) atoms. The van der Waals surface area contributed by atoms with Gasteiger partial charge in [0.2, 0.25) is 0 Å². The summed E-state index contributed by atoms with van der Waals surface area (Å²) in [6.07, 6.45) is 0. The average Bonchev–Trinajstić information content (AvgIpc) is 2.80. The summed E-state index contributed by atoms with van der Waals surface area (Å²) in [5.41, 5.74) is 0.342. The molecule has 1 fully saturated rings. The summed E-state index contributed by atoms with van der Waals surface area (Å²) in [5.74, 6) is -0.609. The van der Waals surface area contributed by atoms with E-state index in [0.29, 0.717) is 11.0 Å². The Hall–Kier alpha value is -2.37. The van der Waals surface area contributed by atoms with Gasteiger partial charge in [-0.05, 0) is 18.2 Å². The first-order valence-corrected chi connectivity index (χ1v) is 4.94. The van der Waals surface area contributed by atoms with Gasteiger partial charge < -0.3 is 9.73 Å². The van der Waals surface area contributed by atoms with Gasteiger partial charge >= 0.3 is 6.03 Å². The highest BCUT2D eigenvalue weighted by Crippen LogP contribution is 2.26. The number of imide groups is 1. The summed E-state index contributed by atoms with van der Waals surface area (Å²) < 4.78 is 18.3. The van der Waals surface area contributed by atoms with Crippen molar-refractivity contribution in [2.75, 3.05) is 0 Å². The first-order chi connectivity index (χ1) is 8.13. The van der Waals surface area contributed by atoms with Crippen LogP contribution in [0.2, 0.25) is 0 Å². The van der Waals surface area contributed by atoms with Crippen molar-refractivity contribution in [3.63, 3.8) is 0 Å². The zero-order valence-corrected chi connectivity index (χ0v) is 8.49. The summed E-state index contributed by atoms with van der Waals surface area (Å²) in [7, 11) is 0. The molecule has 2 heterocycles. The van der Waals surface area contributed by atoms with Crippen molar-refractivity contribution in [3.05, 3.63) is 35.8 Å². The monoisotopic (exact) mass is 234 g/mol. The predicted octanol–water partition coefficient (Wildman–Crippen LogP) is 1.45. The Labute approximate surface area is 94.6 Å². The maximum Gasteiger partial charge on any atom is 0.322 e. The van der Waals surface area contributed by atoms with Crippen molar-refractivity contribution in [3.8, 4) is 0 Å². The lowest BCUT2D eigenvalue weighted by Crippen LogP contribution is -2.22. The smallest absolute Gasteiger partial charge is 0.322 e. The van der Waals surface area contributed by atoms with E-state index in [1.807, 2.05) is 0 Å². The number of benzene rings is 1. The molecule has 1 atom stereocenters. The molecule has 0 bridgehead atoms. The summed E-state index contributed by atoms with van der Waals surface area (Å²) in [5, 5.41) is 5.18. The van der Waals surface area contributed by atoms with E-state index >= 15 is 0 Å². The van der Waals surface area contributed by atoms with Crippen molar-refractivity contribution >= 4 is 22.9 Å². The number of halogens is 1. The van der Waals surface area contributed by atoms with Gasteiger partial charge in [-0.3, -0.25) is 10.1 Å². The number of nitrogens with one attached hydrogen (secondary N) is 2. The molecule has 1 aromatic carbocycles. The lowest BCUT2D eigenvalue weighted by atomic mass is 10.2. The van der Waals surface area contributed by atoms with Crippen LogP contribution < -0.4 is 10.6 Å². The molecule has 86 valence electrons. The van der Waals surface area contributed by atoms with Crippen molar-refractivity contribution in [2.45, 2.75) is 6.04 Å². The Morgan fingerprint density at radius 1 is 1.24 bits per heavy atom. The fraction of sp³-hybridized carbons (Fsp3) is 0.0909. The molecule has 0 saturated carbocycles. The third-order valence-electron chi connectivity index (χ3n) is 2.56. The number of hydrogen-bond donors (Lipinski definition) is 2. The van der Waals surface area contributed by atoms with Gasteiger partial charge in [-0.15, -0.1) is 0 Å². The second-order valence-electron chi connectivity index (χ2n) is 3.73. The van der Waals surface area contributed by atoms with Crippen LogP contribution in [0.25, 0.3) is 11.0 Å². The van der Waals surface area contributed by atoms with Crippen molar-refractivity contribution in [2.24, 2.45) is 0 Å². The van der Waals surface area contributed by atoms with Crippen LogP contribution in [-0.2, 0) is 4.79 Å². The number of urea groups is 1. The highest BCUT2D eigenvalue weighted by Gasteiger charge is 2.33. The summed E-state index contributed by atoms with van der Waals surface area (Å²) >= 11 is 0. The van der Waals surface area contributed by atoms with Crippen LogP contribution in [-0.4, -0.2) is 11.9 Å². The number of furan rings is 1. The van der Waals surface area contributed by atoms with Gasteiger partial charge in [-0.2, -0.15) is 0 Å². The van der Waals surface area contributed by atoms with Gasteiger partial charge in [0.05, 0.1) is 0 Å². The molecule has 0 radical (unpaired) electrons. The van der Waals surface area contributed by atoms with Gasteiger partial charge in [0.1, 0.15) is 17.2 Å². The molecule has 1 aliphatic rings. The van der Waals surface area contributed by atoms with E-state index < -0.39 is 23.8 Å². The molecule has 1 saturated heterocycles. The average molecular weight is 234 g/mol. The molecule has 0 spiro atoms. The Kier molecular flexibility index (Phi) is 1.91. The van der Waals surface area contributed by atoms with Gasteiger partial charge in [0.15, 0.2) is 6.04 Å². The first-order valence-electron chi connectivity index (χ1n) is 4.94. The summed E-state index contributed by atoms with van der Waals surface area (Å²) in [4.78, 5) is 22.4. The Morgan fingerprint density at radius 3 is 2.76 bits per heavy atom. The fourth-order valence-electron chi connectivity index (χ4n) is 1.78. The zero-order valence-electron chi connectivity index (χ0n) is 8.49. The predicted molar refractivity (Wildman–Crippen MR) is 55.6 cm³/mol. The Morgan fingerprint density at radius 2 is 2.06 bits per heavy atom. The van der Waals surface area contributed by atoms with Gasteiger partial charge in [0, 0.05) is 11.5 Å². The van der Waals surface area contributed by atoms with Gasteiger partial charge in [0.25, 0.3) is 5.91 Å². The van der Waals surface area contributed by atoms with E-state index in [0.717, 1.165) is 0 Å². The molecule has 0 unspecified atom stereocenters. The van der Waals surface area contributed by atoms with Crippen LogP contribution in [0.4, 0.5) is 9.18 Å². The second kappa shape index (κ2) is 3.31. The van der Waals surface area contributed by atoms with Crippen LogP contribution in [0, 0.1) is 5.82 Å². The fourth-order valence-corrected chi connectivity index (χ4v) is 1.78. The van der Waals surface area contributed by atoms with E-state index in [1.54, 1.807) is 12.1 Å². The maximum absolute atomic E-state index is 13.0. The molecule has 0 aliphatic carbocycles. The summed E-state index contributed by atoms with van der Waals surface area (Å²) in [6, 6.07) is 4.27. The van der Waals surface area contributed by atoms with E-state index in [1.165, 1.54) is 12.1 Å². The van der Waals surface area contributed by atoms with Crippen molar-refractivity contribution in [1.82, 2.24) is 10.6 Å². The van der Waals surface area contributed by atoms with Gasteiger partial charge in [-0.1, -0.05) is 0 Å². The van der Waals surface area contributed by atoms with Crippen molar-refractivity contribution < 1.29 is 18.4 Å². The molecule has 5 nitrogen and oxygen atoms in total. The topological polar surface area (TPSA) is 71.3 Å². The highest BCUT2D eigenvalue weighted by atomic mass is 19.1. The van der Waals surface area contributed by atoms with Gasteiger partial charge in [-0.25, -0.2) is 9.18 Å². The molecule has 2 N–H and O–H groups in total. The molecule has 1 aromatic heterocycles. The standard InChI is InChI=1S/C11H7FN2O3/c12-6-2-1-5-3-8(17-7(5)4-6)9-10(15)14-11(16)13-9/h1-4,9H,(H2,13,14,15,16)/t9-/m0/s1. The quantitative estimate of drug-likeness (QED) is 0.733.